The number of furan rings is 1. The standard InChI is InChI=1S/C19H14FN5O3/c20-12-5-3-10(4-6-12)11-8-13-15(18(26)21-9-11)23-16(22-13)17-24-19(28-25-17)14-2-1-7-27-14/h1-7,11H,8-9H2,(H,21,26)(H,22,23). The van der Waals surface area contributed by atoms with Gasteiger partial charge in [0.25, 0.3) is 11.8 Å². The molecule has 3 aromatic heterocycles. The number of H-pyrrole nitrogens is 1. The second-order valence-electron chi connectivity index (χ2n) is 6.48. The lowest BCUT2D eigenvalue weighted by Gasteiger charge is -2.14. The van der Waals surface area contributed by atoms with Crippen molar-refractivity contribution in [3.05, 3.63) is 65.4 Å². The van der Waals surface area contributed by atoms with Gasteiger partial charge >= 0.3 is 0 Å². The zero-order valence-electron chi connectivity index (χ0n) is 14.5. The number of imidazole rings is 1. The average Bonchev–Trinajstić information content (AvgIpc) is 3.43. The van der Waals surface area contributed by atoms with E-state index >= 15 is 0 Å². The molecule has 8 nitrogen and oxygen atoms in total. The van der Waals surface area contributed by atoms with Crippen molar-refractivity contribution in [2.75, 3.05) is 6.54 Å². The van der Waals surface area contributed by atoms with Gasteiger partial charge in [-0.3, -0.25) is 4.79 Å². The maximum absolute atomic E-state index is 13.2. The molecule has 0 aliphatic carbocycles. The summed E-state index contributed by atoms with van der Waals surface area (Å²) in [5, 5.41) is 6.77. The third-order valence-electron chi connectivity index (χ3n) is 4.66. The second-order valence-corrected chi connectivity index (χ2v) is 6.48. The quantitative estimate of drug-likeness (QED) is 0.566. The van der Waals surface area contributed by atoms with Gasteiger partial charge in [0.05, 0.1) is 6.26 Å². The number of nitrogens with zero attached hydrogens (tertiary/aromatic N) is 3. The summed E-state index contributed by atoms with van der Waals surface area (Å²) in [6.45, 7) is 0.439. The minimum Gasteiger partial charge on any atom is -0.459 e. The van der Waals surface area contributed by atoms with Gasteiger partial charge in [0.15, 0.2) is 11.6 Å². The normalized spacial score (nSPS) is 16.5. The zero-order chi connectivity index (χ0) is 19.1. The minimum absolute atomic E-state index is 0.0111. The number of hydrogen-bond donors (Lipinski definition) is 2. The number of carbonyl (C=O) groups is 1. The van der Waals surface area contributed by atoms with Crippen molar-refractivity contribution in [1.82, 2.24) is 25.4 Å². The van der Waals surface area contributed by atoms with Gasteiger partial charge < -0.3 is 19.2 Å². The lowest BCUT2D eigenvalue weighted by molar-refractivity contribution is 0.0950. The third-order valence-corrected chi connectivity index (χ3v) is 4.66. The summed E-state index contributed by atoms with van der Waals surface area (Å²) in [5.74, 6) is 0.642. The largest absolute Gasteiger partial charge is 0.459 e. The molecule has 0 bridgehead atoms. The summed E-state index contributed by atoms with van der Waals surface area (Å²) in [7, 11) is 0. The number of nitrogens with one attached hydrogen (secondary N) is 2. The van der Waals surface area contributed by atoms with E-state index in [1.165, 1.54) is 18.4 Å². The predicted molar refractivity (Wildman–Crippen MR) is 94.8 cm³/mol. The van der Waals surface area contributed by atoms with Crippen molar-refractivity contribution < 1.29 is 18.1 Å². The van der Waals surface area contributed by atoms with Crippen LogP contribution in [0.25, 0.3) is 23.3 Å². The zero-order valence-corrected chi connectivity index (χ0v) is 14.5. The number of hydrogen-bond acceptors (Lipinski definition) is 6. The van der Waals surface area contributed by atoms with E-state index in [9.17, 15) is 9.18 Å². The molecular weight excluding hydrogens is 365 g/mol. The van der Waals surface area contributed by atoms with Gasteiger partial charge in [0.2, 0.25) is 5.82 Å². The number of benzene rings is 1. The molecule has 4 aromatic rings. The smallest absolute Gasteiger partial charge is 0.294 e. The number of amides is 1. The summed E-state index contributed by atoms with van der Waals surface area (Å²) in [4.78, 5) is 24.2. The van der Waals surface area contributed by atoms with E-state index in [2.05, 4.69) is 25.4 Å². The van der Waals surface area contributed by atoms with Crippen LogP contribution in [0.4, 0.5) is 4.39 Å². The van der Waals surface area contributed by atoms with Crippen molar-refractivity contribution in [3.8, 4) is 23.3 Å². The lowest BCUT2D eigenvalue weighted by atomic mass is 9.94. The second kappa shape index (κ2) is 6.45. The van der Waals surface area contributed by atoms with E-state index in [4.69, 9.17) is 8.94 Å². The summed E-state index contributed by atoms with van der Waals surface area (Å²) in [6.07, 6.45) is 2.05. The molecule has 1 amide bonds. The van der Waals surface area contributed by atoms with E-state index in [1.807, 2.05) is 0 Å². The molecule has 9 heteroatoms. The maximum atomic E-state index is 13.2. The highest BCUT2D eigenvalue weighted by molar-refractivity contribution is 5.94. The first kappa shape index (κ1) is 16.4. The average molecular weight is 379 g/mol. The summed E-state index contributed by atoms with van der Waals surface area (Å²) in [6, 6.07) is 9.70. The predicted octanol–water partition coefficient (Wildman–Crippen LogP) is 2.93. The fourth-order valence-corrected chi connectivity index (χ4v) is 3.26. The van der Waals surface area contributed by atoms with E-state index in [1.54, 1.807) is 24.3 Å². The van der Waals surface area contributed by atoms with Crippen LogP contribution in [-0.4, -0.2) is 32.6 Å². The molecule has 1 aliphatic rings. The number of fused-ring (bicyclic) bond motifs is 1. The molecule has 0 saturated carbocycles. The SMILES string of the molecule is O=C1NCC(c2ccc(F)cc2)Cc2[nH]c(-c3noc(-c4ccco4)n3)nc21. The number of aromatic amines is 1. The Kier molecular flexibility index (Phi) is 3.78. The molecule has 140 valence electrons. The highest BCUT2D eigenvalue weighted by Crippen LogP contribution is 2.27. The molecule has 5 rings (SSSR count). The summed E-state index contributed by atoms with van der Waals surface area (Å²) in [5.41, 5.74) is 1.90. The fourth-order valence-electron chi connectivity index (χ4n) is 3.26. The van der Waals surface area contributed by atoms with Gasteiger partial charge in [0.1, 0.15) is 11.5 Å². The monoisotopic (exact) mass is 379 g/mol. The number of aromatic nitrogens is 4. The molecule has 2 N–H and O–H groups in total. The summed E-state index contributed by atoms with van der Waals surface area (Å²) >= 11 is 0. The van der Waals surface area contributed by atoms with Gasteiger partial charge in [-0.05, 0) is 36.2 Å². The van der Waals surface area contributed by atoms with E-state index in [0.29, 0.717) is 35.9 Å². The molecule has 1 aliphatic heterocycles. The van der Waals surface area contributed by atoms with Crippen LogP contribution in [-0.2, 0) is 6.42 Å². The van der Waals surface area contributed by atoms with Crippen LogP contribution in [0.1, 0.15) is 27.7 Å². The highest BCUT2D eigenvalue weighted by Gasteiger charge is 2.27. The summed E-state index contributed by atoms with van der Waals surface area (Å²) < 4.78 is 23.6. The third kappa shape index (κ3) is 2.86. The Balaban J connectivity index is 1.47. The molecule has 0 radical (unpaired) electrons. The van der Waals surface area contributed by atoms with Crippen LogP contribution in [0.3, 0.4) is 0 Å². The molecule has 0 fully saturated rings. The first-order valence-electron chi connectivity index (χ1n) is 8.68. The Labute approximate surface area is 157 Å². The van der Waals surface area contributed by atoms with Gasteiger partial charge in [-0.15, -0.1) is 0 Å². The first-order valence-corrected chi connectivity index (χ1v) is 8.68. The first-order chi connectivity index (χ1) is 13.7. The van der Waals surface area contributed by atoms with Crippen LogP contribution in [0.2, 0.25) is 0 Å². The van der Waals surface area contributed by atoms with Crippen LogP contribution < -0.4 is 5.32 Å². The van der Waals surface area contributed by atoms with E-state index in [-0.39, 0.29) is 29.4 Å². The molecule has 1 aromatic carbocycles. The fraction of sp³-hybridized carbons (Fsp3) is 0.158. The van der Waals surface area contributed by atoms with Crippen molar-refractivity contribution in [1.29, 1.82) is 0 Å². The molecule has 1 unspecified atom stereocenters. The minimum atomic E-state index is -0.296. The Morgan fingerprint density at radius 2 is 2.00 bits per heavy atom. The van der Waals surface area contributed by atoms with E-state index < -0.39 is 0 Å². The van der Waals surface area contributed by atoms with Crippen LogP contribution in [0.5, 0.6) is 0 Å². The molecule has 1 atom stereocenters. The van der Waals surface area contributed by atoms with E-state index in [0.717, 1.165) is 5.56 Å². The van der Waals surface area contributed by atoms with Crippen LogP contribution in [0, 0.1) is 5.82 Å². The Hall–Kier alpha value is -3.75. The molecule has 0 saturated heterocycles. The van der Waals surface area contributed by atoms with Gasteiger partial charge in [-0.25, -0.2) is 9.37 Å². The van der Waals surface area contributed by atoms with Crippen molar-refractivity contribution >= 4 is 5.91 Å². The van der Waals surface area contributed by atoms with Gasteiger partial charge in [0, 0.05) is 18.2 Å². The lowest BCUT2D eigenvalue weighted by Crippen LogP contribution is -2.26. The number of carbonyl (C=O) groups excluding carboxylic acids is 1. The van der Waals surface area contributed by atoms with Crippen molar-refractivity contribution in [3.63, 3.8) is 0 Å². The number of rotatable bonds is 3. The highest BCUT2D eigenvalue weighted by atomic mass is 19.1. The topological polar surface area (TPSA) is 110 Å². The van der Waals surface area contributed by atoms with Gasteiger partial charge in [-0.1, -0.05) is 17.3 Å². The Morgan fingerprint density at radius 1 is 1.14 bits per heavy atom. The Morgan fingerprint density at radius 3 is 2.79 bits per heavy atom. The van der Waals surface area contributed by atoms with Crippen LogP contribution in [0.15, 0.2) is 51.6 Å². The number of halogens is 1. The van der Waals surface area contributed by atoms with Gasteiger partial charge in [-0.2, -0.15) is 4.98 Å². The van der Waals surface area contributed by atoms with Crippen molar-refractivity contribution in [2.45, 2.75) is 12.3 Å². The molecular formula is C19H14FN5O3. The molecule has 4 heterocycles. The molecule has 28 heavy (non-hydrogen) atoms. The Bertz CT molecular complexity index is 1130. The molecule has 0 spiro atoms. The maximum Gasteiger partial charge on any atom is 0.294 e. The van der Waals surface area contributed by atoms with Crippen LogP contribution >= 0.6 is 0 Å². The van der Waals surface area contributed by atoms with Crippen molar-refractivity contribution in [2.24, 2.45) is 0 Å².